The molecule has 0 aromatic rings. The molecule has 0 bridgehead atoms. The van der Waals surface area contributed by atoms with Crippen molar-refractivity contribution in [1.82, 2.24) is 4.81 Å². The normalized spacial score (nSPS) is 8.43. The van der Waals surface area contributed by atoms with Crippen LogP contribution in [0, 0.1) is 0 Å². The van der Waals surface area contributed by atoms with Crippen LogP contribution in [0.2, 0.25) is 0 Å². The van der Waals surface area contributed by atoms with E-state index in [9.17, 15) is 0 Å². The van der Waals surface area contributed by atoms with E-state index in [-0.39, 0.29) is 29.6 Å². The summed E-state index contributed by atoms with van der Waals surface area (Å²) in [7, 11) is 2.11. The maximum absolute atomic E-state index is 2.25. The third-order valence-electron chi connectivity index (χ3n) is 1.08. The molecule has 0 radical (unpaired) electrons. The SMILES string of the molecule is BN(CC)CC.[NaH]. The van der Waals surface area contributed by atoms with Crippen molar-refractivity contribution in [3.05, 3.63) is 0 Å². The van der Waals surface area contributed by atoms with Gasteiger partial charge in [0, 0.05) is 0 Å². The molecule has 0 aliphatic heterocycles. The molecule has 0 aliphatic rings. The van der Waals surface area contributed by atoms with Gasteiger partial charge in [0.2, 0.25) is 0 Å². The molecule has 0 heterocycles. The van der Waals surface area contributed by atoms with Crippen LogP contribution >= 0.6 is 0 Å². The molecule has 0 saturated carbocycles. The minimum absolute atomic E-state index is 0. The average molecular weight is 109 g/mol. The molecule has 0 spiro atoms. The summed E-state index contributed by atoms with van der Waals surface area (Å²) in [5.41, 5.74) is 0. The van der Waals surface area contributed by atoms with Gasteiger partial charge in [-0.3, -0.25) is 0 Å². The molecule has 0 fully saturated rings. The summed E-state index contributed by atoms with van der Waals surface area (Å²) in [5.74, 6) is 0. The molecule has 0 aliphatic carbocycles. The average Bonchev–Trinajstić information content (AvgIpc) is 1.65. The van der Waals surface area contributed by atoms with Gasteiger partial charge in [-0.05, 0) is 13.1 Å². The second kappa shape index (κ2) is 7.02. The molecule has 0 amide bonds. The van der Waals surface area contributed by atoms with Crippen molar-refractivity contribution < 1.29 is 0 Å². The fraction of sp³-hybridized carbons (Fsp3) is 1.00. The topological polar surface area (TPSA) is 3.24 Å². The van der Waals surface area contributed by atoms with Crippen LogP contribution in [-0.4, -0.2) is 55.4 Å². The van der Waals surface area contributed by atoms with Gasteiger partial charge >= 0.3 is 29.6 Å². The molecular weight excluding hydrogens is 95.9 g/mol. The zero-order valence-corrected chi connectivity index (χ0v) is 4.86. The first-order chi connectivity index (χ1) is 2.81. The van der Waals surface area contributed by atoms with Gasteiger partial charge in [-0.2, -0.15) is 0 Å². The van der Waals surface area contributed by atoms with Crippen LogP contribution in [-0.2, 0) is 0 Å². The standard InChI is InChI=1S/C4H12BN.Na.H/c1-3-6(5)4-2;;/h3-5H2,1-2H3;;. The molecule has 0 unspecified atom stereocenters. The quantitative estimate of drug-likeness (QED) is 0.421. The first kappa shape index (κ1) is 10.9. The summed E-state index contributed by atoms with van der Waals surface area (Å²) >= 11 is 0. The van der Waals surface area contributed by atoms with Gasteiger partial charge in [0.05, 0.1) is 0 Å². The van der Waals surface area contributed by atoms with Gasteiger partial charge in [-0.25, -0.2) is 0 Å². The van der Waals surface area contributed by atoms with Crippen LogP contribution in [0.25, 0.3) is 0 Å². The van der Waals surface area contributed by atoms with E-state index in [0.717, 1.165) is 13.1 Å². The van der Waals surface area contributed by atoms with Crippen LogP contribution in [0.5, 0.6) is 0 Å². The van der Waals surface area contributed by atoms with E-state index < -0.39 is 0 Å². The first-order valence-corrected chi connectivity index (χ1v) is 2.49. The molecule has 38 valence electrons. The van der Waals surface area contributed by atoms with Crippen molar-refractivity contribution in [2.75, 3.05) is 13.1 Å². The van der Waals surface area contributed by atoms with Crippen LogP contribution in [0.4, 0.5) is 0 Å². The van der Waals surface area contributed by atoms with Crippen molar-refractivity contribution >= 4 is 37.5 Å². The number of nitrogens with zero attached hydrogens (tertiary/aromatic N) is 1. The van der Waals surface area contributed by atoms with E-state index in [1.165, 1.54) is 0 Å². The summed E-state index contributed by atoms with van der Waals surface area (Å²) in [6, 6.07) is 0. The molecule has 3 heteroatoms. The van der Waals surface area contributed by atoms with Gasteiger partial charge < -0.3 is 4.81 Å². The van der Waals surface area contributed by atoms with Crippen molar-refractivity contribution in [2.45, 2.75) is 13.8 Å². The Hall–Kier alpha value is 1.02. The summed E-state index contributed by atoms with van der Waals surface area (Å²) in [4.78, 5) is 2.25. The molecular formula is C4H13BNNa. The van der Waals surface area contributed by atoms with Crippen molar-refractivity contribution in [3.63, 3.8) is 0 Å². The molecule has 0 atom stereocenters. The Labute approximate surface area is 69.2 Å². The Bertz CT molecular complexity index is 30.9. The number of hydrogen-bond acceptors (Lipinski definition) is 1. The molecule has 0 saturated heterocycles. The second-order valence-corrected chi connectivity index (χ2v) is 1.49. The minimum atomic E-state index is 0. The van der Waals surface area contributed by atoms with E-state index in [0.29, 0.717) is 0 Å². The molecule has 0 aromatic carbocycles. The van der Waals surface area contributed by atoms with Crippen molar-refractivity contribution in [1.29, 1.82) is 0 Å². The van der Waals surface area contributed by atoms with E-state index in [1.807, 2.05) is 0 Å². The third-order valence-corrected chi connectivity index (χ3v) is 1.08. The summed E-state index contributed by atoms with van der Waals surface area (Å²) in [6.07, 6.45) is 0. The Balaban J connectivity index is 0. The zero-order valence-electron chi connectivity index (χ0n) is 4.86. The van der Waals surface area contributed by atoms with Gasteiger partial charge in [-0.15, -0.1) is 0 Å². The summed E-state index contributed by atoms with van der Waals surface area (Å²) in [5, 5.41) is 0. The van der Waals surface area contributed by atoms with Crippen molar-refractivity contribution in [3.8, 4) is 0 Å². The van der Waals surface area contributed by atoms with Gasteiger partial charge in [0.25, 0.3) is 0 Å². The predicted octanol–water partition coefficient (Wildman–Crippen LogP) is -0.772. The molecule has 7 heavy (non-hydrogen) atoms. The molecule has 0 aromatic heterocycles. The second-order valence-electron chi connectivity index (χ2n) is 1.49. The fourth-order valence-corrected chi connectivity index (χ4v) is 0.224. The number of hydrogen-bond donors (Lipinski definition) is 0. The van der Waals surface area contributed by atoms with Crippen LogP contribution in [0.15, 0.2) is 0 Å². The van der Waals surface area contributed by atoms with Gasteiger partial charge in [-0.1, -0.05) is 13.8 Å². The Morgan fingerprint density at radius 1 is 1.29 bits per heavy atom. The summed E-state index contributed by atoms with van der Waals surface area (Å²) in [6.45, 7) is 6.64. The Kier molecular flexibility index (Phi) is 10.9. The fourth-order valence-electron chi connectivity index (χ4n) is 0.224. The molecule has 0 rings (SSSR count). The van der Waals surface area contributed by atoms with Crippen LogP contribution in [0.3, 0.4) is 0 Å². The Morgan fingerprint density at radius 2 is 1.57 bits per heavy atom. The molecule has 0 N–H and O–H groups in total. The summed E-state index contributed by atoms with van der Waals surface area (Å²) < 4.78 is 0. The van der Waals surface area contributed by atoms with E-state index in [4.69, 9.17) is 0 Å². The number of rotatable bonds is 2. The zero-order chi connectivity index (χ0) is 4.99. The van der Waals surface area contributed by atoms with Crippen molar-refractivity contribution in [2.24, 2.45) is 0 Å². The van der Waals surface area contributed by atoms with Gasteiger partial charge in [0.1, 0.15) is 0 Å². The van der Waals surface area contributed by atoms with E-state index in [1.54, 1.807) is 0 Å². The first-order valence-electron chi connectivity index (χ1n) is 2.49. The predicted molar refractivity (Wildman–Crippen MR) is 38.6 cm³/mol. The Morgan fingerprint density at radius 3 is 1.57 bits per heavy atom. The van der Waals surface area contributed by atoms with Crippen LogP contribution in [0.1, 0.15) is 13.8 Å². The molecule has 1 nitrogen and oxygen atoms in total. The maximum atomic E-state index is 2.25. The van der Waals surface area contributed by atoms with Gasteiger partial charge in [0.15, 0.2) is 7.98 Å². The van der Waals surface area contributed by atoms with E-state index >= 15 is 0 Å². The van der Waals surface area contributed by atoms with Crippen LogP contribution < -0.4 is 0 Å². The third kappa shape index (κ3) is 7.02. The monoisotopic (exact) mass is 109 g/mol. The van der Waals surface area contributed by atoms with E-state index in [2.05, 4.69) is 26.6 Å².